The number of nitrogens with one attached hydrogen (secondary N) is 1. The fourth-order valence-corrected chi connectivity index (χ4v) is 3.91. The molecule has 0 radical (unpaired) electrons. The summed E-state index contributed by atoms with van der Waals surface area (Å²) in [6, 6.07) is 10.6. The van der Waals surface area contributed by atoms with Crippen molar-refractivity contribution in [2.75, 3.05) is 26.2 Å². The van der Waals surface area contributed by atoms with Crippen LogP contribution in [0.5, 0.6) is 17.2 Å². The van der Waals surface area contributed by atoms with E-state index in [4.69, 9.17) is 14.2 Å². The molecule has 2 aromatic carbocycles. The van der Waals surface area contributed by atoms with E-state index in [9.17, 15) is 9.90 Å². The number of para-hydroxylation sites is 1. The van der Waals surface area contributed by atoms with E-state index < -0.39 is 6.04 Å². The molecule has 7 heteroatoms. The highest BCUT2D eigenvalue weighted by atomic mass is 16.5. The molecule has 0 saturated heterocycles. The summed E-state index contributed by atoms with van der Waals surface area (Å²) in [7, 11) is 4.40. The lowest BCUT2D eigenvalue weighted by atomic mass is 9.96. The number of aromatic nitrogens is 1. The second-order valence-corrected chi connectivity index (χ2v) is 6.64. The summed E-state index contributed by atoms with van der Waals surface area (Å²) < 4.78 is 15.7. The summed E-state index contributed by atoms with van der Waals surface area (Å²) in [6.45, 7) is 0. The topological polar surface area (TPSA) is 84.0 Å². The van der Waals surface area contributed by atoms with Crippen molar-refractivity contribution in [3.63, 3.8) is 0 Å². The average molecular weight is 382 g/mol. The van der Waals surface area contributed by atoms with Gasteiger partial charge in [0.15, 0.2) is 11.5 Å². The molecule has 2 heterocycles. The Labute approximate surface area is 162 Å². The molecule has 3 aromatic rings. The van der Waals surface area contributed by atoms with Crippen LogP contribution in [0.25, 0.3) is 10.9 Å². The number of fused-ring (bicyclic) bond motifs is 3. The van der Waals surface area contributed by atoms with Crippen molar-refractivity contribution in [2.24, 2.45) is 0 Å². The van der Waals surface area contributed by atoms with Gasteiger partial charge in [-0.2, -0.15) is 0 Å². The fourth-order valence-electron chi connectivity index (χ4n) is 3.91. The number of anilines is 2. The second kappa shape index (κ2) is 6.99. The zero-order valence-electron chi connectivity index (χ0n) is 16.0. The number of nitrogens with zero attached hydrogens (tertiary/aromatic N) is 1. The molecular formula is C21H22N2O5. The van der Waals surface area contributed by atoms with Crippen LogP contribution in [0.15, 0.2) is 36.4 Å². The molecule has 0 aliphatic carbocycles. The monoisotopic (exact) mass is 382 g/mol. The largest absolute Gasteiger partial charge is 0.506 e. The number of benzene rings is 2. The quantitative estimate of drug-likeness (QED) is 0.672. The lowest BCUT2D eigenvalue weighted by molar-refractivity contribution is -0.142. The molecule has 0 amide bonds. The summed E-state index contributed by atoms with van der Waals surface area (Å²) in [5.41, 5.74) is 2.52. The third-order valence-electron chi connectivity index (χ3n) is 5.22. The van der Waals surface area contributed by atoms with Gasteiger partial charge in [-0.1, -0.05) is 18.2 Å². The van der Waals surface area contributed by atoms with E-state index in [0.29, 0.717) is 23.6 Å². The number of methoxy groups -OCH3 is 3. The van der Waals surface area contributed by atoms with E-state index in [-0.39, 0.29) is 11.7 Å². The Balaban J connectivity index is 1.95. The predicted molar refractivity (Wildman–Crippen MR) is 106 cm³/mol. The van der Waals surface area contributed by atoms with Gasteiger partial charge in [0.1, 0.15) is 17.6 Å². The van der Waals surface area contributed by atoms with Crippen LogP contribution in [0.2, 0.25) is 0 Å². The molecule has 1 unspecified atom stereocenters. The van der Waals surface area contributed by atoms with Gasteiger partial charge in [-0.15, -0.1) is 0 Å². The number of phenolic OH excluding ortho intramolecular Hbond substituents is 1. The first-order chi connectivity index (χ1) is 13.6. The Morgan fingerprint density at radius 2 is 1.86 bits per heavy atom. The summed E-state index contributed by atoms with van der Waals surface area (Å²) >= 11 is 0. The zero-order valence-corrected chi connectivity index (χ0v) is 16.0. The smallest absolute Gasteiger partial charge is 0.328 e. The number of rotatable bonds is 4. The lowest BCUT2D eigenvalue weighted by Crippen LogP contribution is -2.42. The van der Waals surface area contributed by atoms with Crippen molar-refractivity contribution in [2.45, 2.75) is 18.9 Å². The highest BCUT2D eigenvalue weighted by Gasteiger charge is 2.37. The van der Waals surface area contributed by atoms with Crippen molar-refractivity contribution < 1.29 is 24.1 Å². The number of esters is 1. The van der Waals surface area contributed by atoms with Gasteiger partial charge < -0.3 is 29.2 Å². The molecule has 1 aliphatic rings. The second-order valence-electron chi connectivity index (χ2n) is 6.64. The van der Waals surface area contributed by atoms with Crippen LogP contribution in [0, 0.1) is 0 Å². The number of aryl methyl sites for hydroxylation is 1. The molecule has 1 aliphatic heterocycles. The molecule has 0 spiro atoms. The molecule has 0 saturated carbocycles. The van der Waals surface area contributed by atoms with Crippen LogP contribution in [0.3, 0.4) is 0 Å². The Morgan fingerprint density at radius 3 is 2.57 bits per heavy atom. The molecule has 28 heavy (non-hydrogen) atoms. The van der Waals surface area contributed by atoms with Gasteiger partial charge in [0.2, 0.25) is 0 Å². The number of ether oxygens (including phenoxy) is 3. The first kappa shape index (κ1) is 18.0. The number of aromatic amines is 1. The van der Waals surface area contributed by atoms with Gasteiger partial charge >= 0.3 is 5.97 Å². The highest BCUT2D eigenvalue weighted by Crippen LogP contribution is 2.46. The van der Waals surface area contributed by atoms with Gasteiger partial charge in [0.25, 0.3) is 0 Å². The SMILES string of the molecule is COC(=O)C1CCc2c([nH]c3ccccc23)N1c1cc(OC)c(OC)cc1O. The predicted octanol–water partition coefficient (Wildman–Crippen LogP) is 3.52. The first-order valence-corrected chi connectivity index (χ1v) is 9.00. The summed E-state index contributed by atoms with van der Waals surface area (Å²) in [6.07, 6.45) is 1.29. The van der Waals surface area contributed by atoms with Gasteiger partial charge in [0, 0.05) is 28.6 Å². The molecule has 1 aromatic heterocycles. The number of phenols is 1. The van der Waals surface area contributed by atoms with E-state index in [1.165, 1.54) is 27.4 Å². The van der Waals surface area contributed by atoms with E-state index in [0.717, 1.165) is 28.7 Å². The van der Waals surface area contributed by atoms with Gasteiger partial charge in [0.05, 0.1) is 27.0 Å². The minimum atomic E-state index is -0.574. The number of carbonyl (C=O) groups is 1. The third kappa shape index (κ3) is 2.70. The van der Waals surface area contributed by atoms with Crippen LogP contribution in [0.1, 0.15) is 12.0 Å². The van der Waals surface area contributed by atoms with E-state index in [1.807, 2.05) is 18.2 Å². The van der Waals surface area contributed by atoms with Crippen molar-refractivity contribution in [1.29, 1.82) is 0 Å². The molecule has 7 nitrogen and oxygen atoms in total. The standard InChI is InChI=1S/C21H22N2O5/c1-26-18-10-16(17(24)11-19(18)27-2)23-15(21(25)28-3)9-8-13-12-6-4-5-7-14(12)22-20(13)23/h4-7,10-11,15,22,24H,8-9H2,1-3H3. The Bertz CT molecular complexity index is 1040. The van der Waals surface area contributed by atoms with E-state index >= 15 is 0 Å². The number of carbonyl (C=O) groups excluding carboxylic acids is 1. The maximum absolute atomic E-state index is 12.5. The summed E-state index contributed by atoms with van der Waals surface area (Å²) in [4.78, 5) is 17.7. The van der Waals surface area contributed by atoms with Crippen molar-refractivity contribution in [3.05, 3.63) is 42.0 Å². The molecule has 4 rings (SSSR count). The third-order valence-corrected chi connectivity index (χ3v) is 5.22. The molecule has 146 valence electrons. The maximum atomic E-state index is 12.5. The van der Waals surface area contributed by atoms with Crippen molar-refractivity contribution in [1.82, 2.24) is 4.98 Å². The maximum Gasteiger partial charge on any atom is 0.328 e. The molecule has 0 bridgehead atoms. The fraction of sp³-hybridized carbons (Fsp3) is 0.286. The van der Waals surface area contributed by atoms with Crippen LogP contribution < -0.4 is 14.4 Å². The average Bonchev–Trinajstić information content (AvgIpc) is 3.11. The zero-order chi connectivity index (χ0) is 19.8. The van der Waals surface area contributed by atoms with Gasteiger partial charge in [-0.05, 0) is 18.9 Å². The Hall–Kier alpha value is -3.35. The number of hydrogen-bond acceptors (Lipinski definition) is 6. The Kier molecular flexibility index (Phi) is 4.50. The number of hydrogen-bond donors (Lipinski definition) is 2. The van der Waals surface area contributed by atoms with Crippen LogP contribution in [-0.4, -0.2) is 43.4 Å². The van der Waals surface area contributed by atoms with Crippen LogP contribution in [0.4, 0.5) is 11.5 Å². The van der Waals surface area contributed by atoms with E-state index in [1.54, 1.807) is 11.0 Å². The first-order valence-electron chi connectivity index (χ1n) is 9.00. The Morgan fingerprint density at radius 1 is 1.14 bits per heavy atom. The van der Waals surface area contributed by atoms with E-state index in [2.05, 4.69) is 11.1 Å². The number of H-pyrrole nitrogens is 1. The van der Waals surface area contributed by atoms with Gasteiger partial charge in [-0.25, -0.2) is 4.79 Å². The highest BCUT2D eigenvalue weighted by molar-refractivity contribution is 5.95. The summed E-state index contributed by atoms with van der Waals surface area (Å²) in [5, 5.41) is 11.8. The minimum absolute atomic E-state index is 0.0157. The van der Waals surface area contributed by atoms with Crippen LogP contribution >= 0.6 is 0 Å². The number of aromatic hydroxyl groups is 1. The summed E-state index contributed by atoms with van der Waals surface area (Å²) in [5.74, 6) is 1.26. The van der Waals surface area contributed by atoms with Gasteiger partial charge in [-0.3, -0.25) is 0 Å². The molecule has 0 fully saturated rings. The minimum Gasteiger partial charge on any atom is -0.506 e. The molecule has 2 N–H and O–H groups in total. The molecule has 1 atom stereocenters. The normalized spacial score (nSPS) is 16.0. The van der Waals surface area contributed by atoms with Crippen molar-refractivity contribution in [3.8, 4) is 17.2 Å². The van der Waals surface area contributed by atoms with Crippen molar-refractivity contribution >= 4 is 28.4 Å². The lowest BCUT2D eigenvalue weighted by Gasteiger charge is -2.35. The van der Waals surface area contributed by atoms with Crippen LogP contribution in [-0.2, 0) is 16.0 Å². The molecular weight excluding hydrogens is 360 g/mol.